The Balaban J connectivity index is 1.53. The fourth-order valence-electron chi connectivity index (χ4n) is 3.06. The number of hydrogen-bond acceptors (Lipinski definition) is 3. The summed E-state index contributed by atoms with van der Waals surface area (Å²) < 4.78 is 5.65. The van der Waals surface area contributed by atoms with E-state index in [0.717, 1.165) is 18.0 Å². The maximum absolute atomic E-state index is 12.4. The van der Waals surface area contributed by atoms with Gasteiger partial charge in [-0.3, -0.25) is 9.69 Å². The second kappa shape index (κ2) is 8.86. The summed E-state index contributed by atoms with van der Waals surface area (Å²) in [5.41, 5.74) is 2.74. The van der Waals surface area contributed by atoms with E-state index in [2.05, 4.69) is 36.2 Å². The fraction of sp³-hybridized carbons (Fsp3) is 0.409. The summed E-state index contributed by atoms with van der Waals surface area (Å²) in [7, 11) is 0. The third-order valence-electron chi connectivity index (χ3n) is 4.52. The van der Waals surface area contributed by atoms with Crippen molar-refractivity contribution in [3.05, 3.63) is 59.7 Å². The predicted octanol–water partition coefficient (Wildman–Crippen LogP) is 4.57. The highest BCUT2D eigenvalue weighted by Gasteiger charge is 2.12. The zero-order chi connectivity index (χ0) is 18.4. The number of benzene rings is 2. The normalized spacial score (nSPS) is 14.6. The van der Waals surface area contributed by atoms with Gasteiger partial charge in [0.2, 0.25) is 0 Å². The van der Waals surface area contributed by atoms with Gasteiger partial charge in [-0.05, 0) is 73.8 Å². The van der Waals surface area contributed by atoms with Crippen molar-refractivity contribution in [2.75, 3.05) is 25.0 Å². The van der Waals surface area contributed by atoms with Crippen LogP contribution >= 0.6 is 0 Å². The molecule has 1 heterocycles. The summed E-state index contributed by atoms with van der Waals surface area (Å²) in [5, 5.41) is 2.96. The van der Waals surface area contributed by atoms with Crippen LogP contribution in [-0.4, -0.2) is 30.5 Å². The summed E-state index contributed by atoms with van der Waals surface area (Å²) >= 11 is 0. The first-order valence-electron chi connectivity index (χ1n) is 9.45. The van der Waals surface area contributed by atoms with Crippen molar-refractivity contribution in [1.29, 1.82) is 0 Å². The van der Waals surface area contributed by atoms with E-state index < -0.39 is 0 Å². The third kappa shape index (κ3) is 5.33. The molecule has 0 atom stereocenters. The molecule has 1 saturated heterocycles. The van der Waals surface area contributed by atoms with E-state index in [4.69, 9.17) is 4.74 Å². The van der Waals surface area contributed by atoms with Crippen molar-refractivity contribution < 1.29 is 9.53 Å². The van der Waals surface area contributed by atoms with E-state index in [1.165, 1.54) is 31.5 Å². The van der Waals surface area contributed by atoms with Crippen LogP contribution in [0, 0.1) is 5.92 Å². The van der Waals surface area contributed by atoms with Crippen LogP contribution in [0.5, 0.6) is 5.75 Å². The molecular weight excluding hydrogens is 324 g/mol. The van der Waals surface area contributed by atoms with E-state index >= 15 is 0 Å². The Kier molecular flexibility index (Phi) is 6.29. The average Bonchev–Trinajstić information content (AvgIpc) is 3.15. The lowest BCUT2D eigenvalue weighted by molar-refractivity contribution is 0.102. The van der Waals surface area contributed by atoms with E-state index in [0.29, 0.717) is 18.1 Å². The Hall–Kier alpha value is -2.33. The molecule has 0 aliphatic carbocycles. The summed E-state index contributed by atoms with van der Waals surface area (Å²) in [6.07, 6.45) is 2.60. The molecule has 138 valence electrons. The third-order valence-corrected chi connectivity index (χ3v) is 4.52. The highest BCUT2D eigenvalue weighted by Crippen LogP contribution is 2.17. The van der Waals surface area contributed by atoms with Crippen LogP contribution in [0.3, 0.4) is 0 Å². The Bertz CT molecular complexity index is 702. The first-order chi connectivity index (χ1) is 12.6. The van der Waals surface area contributed by atoms with Gasteiger partial charge in [0.25, 0.3) is 5.91 Å². The molecule has 0 aromatic heterocycles. The number of hydrogen-bond donors (Lipinski definition) is 1. The first-order valence-corrected chi connectivity index (χ1v) is 9.45. The van der Waals surface area contributed by atoms with Crippen LogP contribution < -0.4 is 10.1 Å². The number of amides is 1. The lowest BCUT2D eigenvalue weighted by Gasteiger charge is -2.15. The molecular formula is C22H28N2O2. The van der Waals surface area contributed by atoms with Crippen LogP contribution in [0.4, 0.5) is 5.69 Å². The van der Waals surface area contributed by atoms with Crippen molar-refractivity contribution >= 4 is 11.6 Å². The molecule has 0 bridgehead atoms. The van der Waals surface area contributed by atoms with Gasteiger partial charge >= 0.3 is 0 Å². The van der Waals surface area contributed by atoms with Crippen LogP contribution in [0.15, 0.2) is 48.5 Å². The van der Waals surface area contributed by atoms with Gasteiger partial charge in [0, 0.05) is 17.8 Å². The Morgan fingerprint density at radius 3 is 2.31 bits per heavy atom. The van der Waals surface area contributed by atoms with Gasteiger partial charge in [-0.1, -0.05) is 26.0 Å². The maximum atomic E-state index is 12.4. The zero-order valence-electron chi connectivity index (χ0n) is 15.7. The van der Waals surface area contributed by atoms with Gasteiger partial charge in [-0.15, -0.1) is 0 Å². The summed E-state index contributed by atoms with van der Waals surface area (Å²) in [6.45, 7) is 8.27. The topological polar surface area (TPSA) is 41.6 Å². The molecule has 0 unspecified atom stereocenters. The number of ether oxygens (including phenoxy) is 1. The second-order valence-corrected chi connectivity index (χ2v) is 7.36. The molecule has 1 N–H and O–H groups in total. The molecule has 2 aromatic rings. The first kappa shape index (κ1) is 18.5. The molecule has 4 heteroatoms. The summed E-state index contributed by atoms with van der Waals surface area (Å²) in [6, 6.07) is 15.4. The standard InChI is InChI=1S/C22H28N2O2/c1-17(2)16-26-21-11-7-19(8-12-21)22(25)23-20-9-5-18(6-10-20)15-24-13-3-4-14-24/h5-12,17H,3-4,13-16H2,1-2H3,(H,23,25). The van der Waals surface area contributed by atoms with E-state index in [-0.39, 0.29) is 5.91 Å². The van der Waals surface area contributed by atoms with Crippen molar-refractivity contribution in [3.63, 3.8) is 0 Å². The lowest BCUT2D eigenvalue weighted by atomic mass is 10.1. The fourth-order valence-corrected chi connectivity index (χ4v) is 3.06. The number of rotatable bonds is 7. The second-order valence-electron chi connectivity index (χ2n) is 7.36. The monoisotopic (exact) mass is 352 g/mol. The molecule has 1 aliphatic heterocycles. The number of nitrogens with zero attached hydrogens (tertiary/aromatic N) is 1. The lowest BCUT2D eigenvalue weighted by Crippen LogP contribution is -2.18. The number of nitrogens with one attached hydrogen (secondary N) is 1. The maximum Gasteiger partial charge on any atom is 0.255 e. The largest absolute Gasteiger partial charge is 0.493 e. The minimum atomic E-state index is -0.104. The molecule has 2 aromatic carbocycles. The Morgan fingerprint density at radius 1 is 1.04 bits per heavy atom. The molecule has 3 rings (SSSR count). The number of anilines is 1. The summed E-state index contributed by atoms with van der Waals surface area (Å²) in [5.74, 6) is 1.17. The number of carbonyl (C=O) groups excluding carboxylic acids is 1. The molecule has 1 fully saturated rings. The van der Waals surface area contributed by atoms with Crippen molar-refractivity contribution in [2.24, 2.45) is 5.92 Å². The van der Waals surface area contributed by atoms with Crippen molar-refractivity contribution in [3.8, 4) is 5.75 Å². The van der Waals surface area contributed by atoms with Crippen LogP contribution in [0.2, 0.25) is 0 Å². The van der Waals surface area contributed by atoms with Gasteiger partial charge in [0.05, 0.1) is 6.61 Å². The SMILES string of the molecule is CC(C)COc1ccc(C(=O)Nc2ccc(CN3CCCC3)cc2)cc1. The average molecular weight is 352 g/mol. The van der Waals surface area contributed by atoms with E-state index in [1.54, 1.807) is 12.1 Å². The smallest absolute Gasteiger partial charge is 0.255 e. The van der Waals surface area contributed by atoms with Crippen LogP contribution in [-0.2, 0) is 6.54 Å². The highest BCUT2D eigenvalue weighted by molar-refractivity contribution is 6.04. The van der Waals surface area contributed by atoms with Gasteiger partial charge in [0.1, 0.15) is 5.75 Å². The minimum absolute atomic E-state index is 0.104. The Morgan fingerprint density at radius 2 is 1.69 bits per heavy atom. The zero-order valence-corrected chi connectivity index (χ0v) is 15.7. The van der Waals surface area contributed by atoms with Gasteiger partial charge < -0.3 is 10.1 Å². The Labute approximate surface area is 156 Å². The molecule has 0 saturated carbocycles. The molecule has 4 nitrogen and oxygen atoms in total. The van der Waals surface area contributed by atoms with Gasteiger partial charge in [-0.25, -0.2) is 0 Å². The number of likely N-dealkylation sites (tertiary alicyclic amines) is 1. The molecule has 26 heavy (non-hydrogen) atoms. The molecule has 1 amide bonds. The van der Waals surface area contributed by atoms with Crippen LogP contribution in [0.25, 0.3) is 0 Å². The predicted molar refractivity (Wildman–Crippen MR) is 106 cm³/mol. The number of carbonyl (C=O) groups is 1. The van der Waals surface area contributed by atoms with Crippen LogP contribution in [0.1, 0.15) is 42.6 Å². The quantitative estimate of drug-likeness (QED) is 0.794. The van der Waals surface area contributed by atoms with Gasteiger partial charge in [0.15, 0.2) is 0 Å². The van der Waals surface area contributed by atoms with E-state index in [9.17, 15) is 4.79 Å². The molecule has 0 spiro atoms. The minimum Gasteiger partial charge on any atom is -0.493 e. The van der Waals surface area contributed by atoms with Crippen molar-refractivity contribution in [2.45, 2.75) is 33.2 Å². The van der Waals surface area contributed by atoms with Crippen molar-refractivity contribution in [1.82, 2.24) is 4.90 Å². The molecule has 0 radical (unpaired) electrons. The molecule has 1 aliphatic rings. The summed E-state index contributed by atoms with van der Waals surface area (Å²) in [4.78, 5) is 14.9. The highest BCUT2D eigenvalue weighted by atomic mass is 16.5. The van der Waals surface area contributed by atoms with E-state index in [1.807, 2.05) is 24.3 Å². The van der Waals surface area contributed by atoms with Gasteiger partial charge in [-0.2, -0.15) is 0 Å².